The van der Waals surface area contributed by atoms with Crippen LogP contribution in [0.15, 0.2) is 42.9 Å². The van der Waals surface area contributed by atoms with E-state index >= 15 is 0 Å². The van der Waals surface area contributed by atoms with Gasteiger partial charge in [0.2, 0.25) is 5.95 Å². The molecule has 10 heteroatoms. The van der Waals surface area contributed by atoms with E-state index in [9.17, 15) is 9.46 Å². The first kappa shape index (κ1) is 17.3. The van der Waals surface area contributed by atoms with Gasteiger partial charge in [0.15, 0.2) is 12.0 Å². The number of ether oxygens (including phenoxy) is 1. The van der Waals surface area contributed by atoms with Gasteiger partial charge in [0.25, 0.3) is 0 Å². The zero-order valence-electron chi connectivity index (χ0n) is 13.5. The van der Waals surface area contributed by atoms with Crippen LogP contribution in [0.5, 0.6) is 5.75 Å². The maximum absolute atomic E-state index is 12.1. The van der Waals surface area contributed by atoms with Crippen molar-refractivity contribution in [2.24, 2.45) is 0 Å². The molecule has 0 aliphatic heterocycles. The van der Waals surface area contributed by atoms with Crippen molar-refractivity contribution in [1.29, 1.82) is 0 Å². The summed E-state index contributed by atoms with van der Waals surface area (Å²) in [5.74, 6) is 0.556. The quantitative estimate of drug-likeness (QED) is 0.610. The van der Waals surface area contributed by atoms with E-state index in [2.05, 4.69) is 15.1 Å². The first-order valence-corrected chi connectivity index (χ1v) is 9.32. The van der Waals surface area contributed by atoms with Gasteiger partial charge >= 0.3 is 7.60 Å². The molecule has 0 fully saturated rings. The average Bonchev–Trinajstić information content (AvgIpc) is 2.98. The molecule has 25 heavy (non-hydrogen) atoms. The van der Waals surface area contributed by atoms with Gasteiger partial charge in [-0.25, -0.2) is 14.5 Å². The predicted octanol–water partition coefficient (Wildman–Crippen LogP) is 1.88. The van der Waals surface area contributed by atoms with Gasteiger partial charge in [0.05, 0.1) is 12.3 Å². The second-order valence-electron chi connectivity index (χ2n) is 5.49. The molecule has 1 unspecified atom stereocenters. The fourth-order valence-corrected chi connectivity index (χ4v) is 3.23. The lowest BCUT2D eigenvalue weighted by molar-refractivity contribution is 0.0898. The number of nitrogen functional groups attached to an aromatic ring is 1. The van der Waals surface area contributed by atoms with Crippen LogP contribution in [-0.2, 0) is 15.7 Å². The molecule has 0 spiro atoms. The highest BCUT2D eigenvalue weighted by Gasteiger charge is 2.23. The molecule has 2 atom stereocenters. The van der Waals surface area contributed by atoms with Crippen molar-refractivity contribution < 1.29 is 18.7 Å². The summed E-state index contributed by atoms with van der Waals surface area (Å²) in [6.45, 7) is 1.79. The van der Waals surface area contributed by atoms with Crippen molar-refractivity contribution in [2.45, 2.75) is 19.4 Å². The summed E-state index contributed by atoms with van der Waals surface area (Å²) < 4.78 is 24.1. The Labute approximate surface area is 144 Å². The number of hydrogen-bond acceptors (Lipinski definition) is 7. The zero-order valence-corrected chi connectivity index (χ0v) is 14.4. The molecule has 0 saturated heterocycles. The summed E-state index contributed by atoms with van der Waals surface area (Å²) in [4.78, 5) is 17.9. The van der Waals surface area contributed by atoms with E-state index in [1.54, 1.807) is 43.5 Å². The second kappa shape index (κ2) is 7.18. The van der Waals surface area contributed by atoms with E-state index in [0.717, 1.165) is 5.56 Å². The maximum atomic E-state index is 12.1. The number of nitrogens with two attached hydrogens (primary N) is 1. The molecule has 9 nitrogen and oxygen atoms in total. The molecule has 0 amide bonds. The summed E-state index contributed by atoms with van der Waals surface area (Å²) in [5, 5.41) is 4.12. The van der Waals surface area contributed by atoms with Crippen molar-refractivity contribution in [3.05, 3.63) is 48.4 Å². The Kier molecular flexibility index (Phi) is 4.98. The average molecular weight is 363 g/mol. The van der Waals surface area contributed by atoms with Crippen LogP contribution in [-0.4, -0.2) is 36.9 Å². The van der Waals surface area contributed by atoms with Crippen LogP contribution in [0, 0.1) is 0 Å². The molecular formula is C15H18N5O4P. The van der Waals surface area contributed by atoms with Crippen molar-refractivity contribution in [1.82, 2.24) is 19.6 Å². The molecule has 0 saturated carbocycles. The minimum Gasteiger partial charge on any atom is -0.423 e. The largest absolute Gasteiger partial charge is 0.423 e. The summed E-state index contributed by atoms with van der Waals surface area (Å²) in [6.07, 6.45) is 2.67. The van der Waals surface area contributed by atoms with Crippen molar-refractivity contribution in [2.75, 3.05) is 12.1 Å². The van der Waals surface area contributed by atoms with Crippen LogP contribution in [0.1, 0.15) is 12.5 Å². The smallest absolute Gasteiger partial charge is 0.402 e. The van der Waals surface area contributed by atoms with Crippen molar-refractivity contribution >= 4 is 19.2 Å². The molecule has 3 rings (SSSR count). The van der Waals surface area contributed by atoms with E-state index in [4.69, 9.17) is 15.0 Å². The summed E-state index contributed by atoms with van der Waals surface area (Å²) in [7, 11) is -3.90. The summed E-state index contributed by atoms with van der Waals surface area (Å²) >= 11 is 0. The lowest BCUT2D eigenvalue weighted by Crippen LogP contribution is -2.14. The van der Waals surface area contributed by atoms with E-state index in [-0.39, 0.29) is 12.1 Å². The maximum Gasteiger partial charge on any atom is 0.402 e. The first-order chi connectivity index (χ1) is 11.9. The number of anilines is 1. The summed E-state index contributed by atoms with van der Waals surface area (Å²) in [6, 6.07) is 8.44. The Morgan fingerprint density at radius 1 is 1.32 bits per heavy atom. The first-order valence-electron chi connectivity index (χ1n) is 7.56. The Morgan fingerprint density at radius 3 is 2.84 bits per heavy atom. The van der Waals surface area contributed by atoms with E-state index in [0.29, 0.717) is 17.8 Å². The van der Waals surface area contributed by atoms with Crippen LogP contribution >= 0.6 is 7.60 Å². The van der Waals surface area contributed by atoms with Crippen LogP contribution < -0.4 is 10.3 Å². The highest BCUT2D eigenvalue weighted by molar-refractivity contribution is 7.53. The van der Waals surface area contributed by atoms with Crippen LogP contribution in [0.3, 0.4) is 0 Å². The molecule has 3 aromatic rings. The number of fused-ring (bicyclic) bond motifs is 1. The zero-order chi connectivity index (χ0) is 17.9. The molecule has 132 valence electrons. The number of rotatable bonds is 7. The van der Waals surface area contributed by atoms with Gasteiger partial charge < -0.3 is 19.9 Å². The molecule has 0 aliphatic rings. The van der Waals surface area contributed by atoms with Gasteiger partial charge in [0.1, 0.15) is 12.1 Å². The number of aromatic nitrogens is 4. The topological polar surface area (TPSA) is 125 Å². The van der Waals surface area contributed by atoms with Gasteiger partial charge in [0, 0.05) is 12.0 Å². The molecular weight excluding hydrogens is 345 g/mol. The molecule has 2 aromatic heterocycles. The fourth-order valence-electron chi connectivity index (χ4n) is 2.28. The minimum atomic E-state index is -3.90. The standard InChI is InChI=1S/C15H18N5O4P/c1-11(7-12-8-19-20-14(12)17-9-18-15(20)16)23-10-25(21,22)24-13-5-3-2-4-6-13/h2-6,8-9,11H,7,10H2,1H3,(H,21,22)(H2,16,17,18)/t11-/m1/s1. The normalized spacial score (nSPS) is 15.0. The Balaban J connectivity index is 1.59. The van der Waals surface area contributed by atoms with Gasteiger partial charge in [-0.1, -0.05) is 18.2 Å². The fraction of sp³-hybridized carbons (Fsp3) is 0.267. The molecule has 2 heterocycles. The van der Waals surface area contributed by atoms with Crippen molar-refractivity contribution in [3.8, 4) is 5.75 Å². The van der Waals surface area contributed by atoms with Crippen LogP contribution in [0.25, 0.3) is 5.65 Å². The number of nitrogens with zero attached hydrogens (tertiary/aromatic N) is 4. The van der Waals surface area contributed by atoms with Crippen molar-refractivity contribution in [3.63, 3.8) is 0 Å². The minimum absolute atomic E-state index is 0.237. The molecule has 0 radical (unpaired) electrons. The predicted molar refractivity (Wildman–Crippen MR) is 91.2 cm³/mol. The highest BCUT2D eigenvalue weighted by atomic mass is 31.2. The second-order valence-corrected chi connectivity index (χ2v) is 7.21. The number of para-hydroxylation sites is 1. The van der Waals surface area contributed by atoms with Gasteiger partial charge in [-0.15, -0.1) is 0 Å². The molecule has 0 aliphatic carbocycles. The lowest BCUT2D eigenvalue weighted by atomic mass is 10.2. The van der Waals surface area contributed by atoms with E-state index < -0.39 is 13.9 Å². The third kappa shape index (κ3) is 4.33. The van der Waals surface area contributed by atoms with Gasteiger partial charge in [-0.2, -0.15) is 9.61 Å². The van der Waals surface area contributed by atoms with Gasteiger partial charge in [-0.05, 0) is 19.1 Å². The third-order valence-electron chi connectivity index (χ3n) is 3.42. The Hall–Kier alpha value is -2.48. The Morgan fingerprint density at radius 2 is 2.08 bits per heavy atom. The molecule has 0 bridgehead atoms. The highest BCUT2D eigenvalue weighted by Crippen LogP contribution is 2.42. The Bertz CT molecular complexity index is 901. The van der Waals surface area contributed by atoms with E-state index in [1.165, 1.54) is 10.8 Å². The SMILES string of the molecule is C[C@H](Cc1cnn2c(N)ncnc12)OCP(=O)(O)Oc1ccccc1. The molecule has 1 aromatic carbocycles. The van der Waals surface area contributed by atoms with E-state index in [1.807, 2.05) is 0 Å². The number of benzene rings is 1. The van der Waals surface area contributed by atoms with Crippen LogP contribution in [0.2, 0.25) is 0 Å². The summed E-state index contributed by atoms with van der Waals surface area (Å²) in [5.41, 5.74) is 7.10. The molecule has 3 N–H and O–H groups in total. The lowest BCUT2D eigenvalue weighted by Gasteiger charge is -2.17. The van der Waals surface area contributed by atoms with Gasteiger partial charge in [-0.3, -0.25) is 0 Å². The number of hydrogen-bond donors (Lipinski definition) is 2. The third-order valence-corrected chi connectivity index (χ3v) is 4.40. The monoisotopic (exact) mass is 363 g/mol. The van der Waals surface area contributed by atoms with Crippen LogP contribution in [0.4, 0.5) is 5.95 Å².